The van der Waals surface area contributed by atoms with Crippen molar-refractivity contribution in [2.75, 3.05) is 80.8 Å². The molecule has 2 N–H and O–H groups in total. The Hall–Kier alpha value is -2.14. The summed E-state index contributed by atoms with van der Waals surface area (Å²) in [5, 5.41) is 5.78. The van der Waals surface area contributed by atoms with Gasteiger partial charge in [0.15, 0.2) is 12.2 Å². The van der Waals surface area contributed by atoms with E-state index in [9.17, 15) is 9.59 Å². The molecule has 64 heavy (non-hydrogen) atoms. The maximum Gasteiger partial charge on any atom is 0.407 e. The van der Waals surface area contributed by atoms with Crippen molar-refractivity contribution in [1.82, 2.24) is 20.4 Å². The van der Waals surface area contributed by atoms with E-state index in [4.69, 9.17) is 18.9 Å². The number of hydrogen-bond donors (Lipinski definition) is 2. The first-order valence-electron chi connectivity index (χ1n) is 26.9. The number of alkyl carbamates (subject to hydrolysis) is 2. The van der Waals surface area contributed by atoms with Crippen LogP contribution in [0.15, 0.2) is 24.3 Å². The van der Waals surface area contributed by atoms with Crippen molar-refractivity contribution in [1.29, 1.82) is 0 Å². The van der Waals surface area contributed by atoms with Crippen LogP contribution >= 0.6 is 0 Å². The molecular weight excluding hydrogens is 801 g/mol. The second-order valence-corrected chi connectivity index (χ2v) is 18.1. The van der Waals surface area contributed by atoms with Crippen LogP contribution in [-0.2, 0) is 18.9 Å². The van der Waals surface area contributed by atoms with Gasteiger partial charge in [-0.05, 0) is 131 Å². The van der Waals surface area contributed by atoms with Gasteiger partial charge in [0.25, 0.3) is 0 Å². The third-order valence-electron chi connectivity index (χ3n) is 11.2. The van der Waals surface area contributed by atoms with E-state index in [0.717, 1.165) is 64.5 Å². The molecule has 0 saturated heterocycles. The van der Waals surface area contributed by atoms with E-state index < -0.39 is 24.4 Å². The minimum absolute atomic E-state index is 0.136. The summed E-state index contributed by atoms with van der Waals surface area (Å²) in [5.74, 6) is 0. The molecule has 10 heteroatoms. The second kappa shape index (κ2) is 53.5. The monoisotopic (exact) mass is 909 g/mol. The largest absolute Gasteiger partial charge is 0.440 e. The van der Waals surface area contributed by atoms with E-state index in [0.29, 0.717) is 26.3 Å². The molecule has 380 valence electrons. The van der Waals surface area contributed by atoms with Crippen LogP contribution in [0.2, 0.25) is 0 Å². The van der Waals surface area contributed by atoms with Crippen molar-refractivity contribution < 1.29 is 28.5 Å². The summed E-state index contributed by atoms with van der Waals surface area (Å²) >= 11 is 0. The van der Waals surface area contributed by atoms with E-state index in [1.165, 1.54) is 141 Å². The number of hydrogen-bond acceptors (Lipinski definition) is 8. The molecule has 0 fully saturated rings. The van der Waals surface area contributed by atoms with E-state index >= 15 is 0 Å². The first-order valence-corrected chi connectivity index (χ1v) is 26.9. The first-order chi connectivity index (χ1) is 31.3. The van der Waals surface area contributed by atoms with Gasteiger partial charge in [-0.1, -0.05) is 155 Å². The molecule has 2 amide bonds. The van der Waals surface area contributed by atoms with Crippen molar-refractivity contribution in [2.45, 2.75) is 233 Å². The molecule has 2 atom stereocenters. The van der Waals surface area contributed by atoms with E-state index in [2.05, 4.69) is 58.6 Å². The van der Waals surface area contributed by atoms with Gasteiger partial charge in [0.2, 0.25) is 0 Å². The number of carbonyl (C=O) groups is 2. The molecule has 0 spiro atoms. The van der Waals surface area contributed by atoms with Gasteiger partial charge in [0, 0.05) is 26.3 Å². The summed E-state index contributed by atoms with van der Waals surface area (Å²) in [4.78, 5) is 30.4. The lowest BCUT2D eigenvalue weighted by Crippen LogP contribution is -2.45. The van der Waals surface area contributed by atoms with E-state index in [-0.39, 0.29) is 13.2 Å². The van der Waals surface area contributed by atoms with Gasteiger partial charge in [0.05, 0.1) is 13.2 Å². The van der Waals surface area contributed by atoms with Crippen LogP contribution in [0.5, 0.6) is 0 Å². The highest BCUT2D eigenvalue weighted by atomic mass is 16.6. The lowest BCUT2D eigenvalue weighted by Gasteiger charge is -2.27. The topological polar surface area (TPSA) is 102 Å². The second-order valence-electron chi connectivity index (χ2n) is 18.1. The molecule has 0 aliphatic heterocycles. The smallest absolute Gasteiger partial charge is 0.407 e. The third-order valence-corrected chi connectivity index (χ3v) is 11.2. The van der Waals surface area contributed by atoms with Crippen molar-refractivity contribution in [3.8, 4) is 0 Å². The molecular formula is C54H108N4O6. The molecule has 0 aromatic heterocycles. The van der Waals surface area contributed by atoms with Crippen LogP contribution in [-0.4, -0.2) is 115 Å². The minimum atomic E-state index is -0.796. The van der Waals surface area contributed by atoms with E-state index in [1.807, 2.05) is 42.0 Å². The molecule has 0 radical (unpaired) electrons. The Bertz CT molecular complexity index is 932. The molecule has 2 unspecified atom stereocenters. The molecule has 0 saturated carbocycles. The summed E-state index contributed by atoms with van der Waals surface area (Å²) < 4.78 is 24.1. The van der Waals surface area contributed by atoms with Crippen LogP contribution in [0.4, 0.5) is 9.59 Å². The molecule has 0 aliphatic carbocycles. The SMILES string of the molecule is CC.CCCCCCC/C=C\CCCCCCCCOCC(OC(=O)NCCCCN(C)C)C(COCCCCCCCC/C=C\CCCCCCC)OC(=O)NCCCCN(C)C. The predicted molar refractivity (Wildman–Crippen MR) is 275 cm³/mol. The Balaban J connectivity index is 0. The van der Waals surface area contributed by atoms with E-state index in [1.54, 1.807) is 0 Å². The third kappa shape index (κ3) is 50.9. The maximum absolute atomic E-state index is 13.0. The quantitative estimate of drug-likeness (QED) is 0.0460. The molecule has 0 aliphatic rings. The molecule has 0 bridgehead atoms. The number of nitrogens with zero attached hydrogens (tertiary/aromatic N) is 2. The number of carbonyl (C=O) groups excluding carboxylic acids is 2. The van der Waals surface area contributed by atoms with Gasteiger partial charge < -0.3 is 39.4 Å². The van der Waals surface area contributed by atoms with Gasteiger partial charge in [0.1, 0.15) is 0 Å². The van der Waals surface area contributed by atoms with Crippen molar-refractivity contribution in [2.24, 2.45) is 0 Å². The Kier molecular flexibility index (Phi) is 53.4. The van der Waals surface area contributed by atoms with Crippen molar-refractivity contribution >= 4 is 12.2 Å². The fourth-order valence-electron chi connectivity index (χ4n) is 7.23. The molecule has 0 heterocycles. The number of amides is 2. The highest BCUT2D eigenvalue weighted by molar-refractivity contribution is 5.68. The Morgan fingerprint density at radius 3 is 1.03 bits per heavy atom. The fraction of sp³-hybridized carbons (Fsp3) is 0.889. The normalized spacial score (nSPS) is 12.5. The molecule has 0 rings (SSSR count). The number of nitrogens with one attached hydrogen (secondary N) is 2. The summed E-state index contributed by atoms with van der Waals surface area (Å²) in [5.41, 5.74) is 0. The standard InChI is InChI=1S/C52H102N4O6.C2H6/c1-7-9-11-13-15-17-19-21-23-25-27-29-31-33-39-45-59-47-49(61-51(57)53-41-35-37-43-55(3)4)50(62-52(58)54-42-36-38-44-56(5)6)48-60-46-40-34-32-30-28-26-24-22-20-18-16-14-12-10-8-2;1-2/h19-22,49-50H,7-18,23-48H2,1-6H3,(H,53,57)(H,54,58);1-2H3/b21-19-,22-20-;. The van der Waals surface area contributed by atoms with Crippen molar-refractivity contribution in [3.63, 3.8) is 0 Å². The van der Waals surface area contributed by atoms with Crippen LogP contribution in [0, 0.1) is 0 Å². The van der Waals surface area contributed by atoms with Gasteiger partial charge in [-0.25, -0.2) is 9.59 Å². The first kappa shape index (κ1) is 63.9. The zero-order chi connectivity index (χ0) is 47.4. The zero-order valence-corrected chi connectivity index (χ0v) is 43.7. The van der Waals surface area contributed by atoms with Crippen LogP contribution in [0.3, 0.4) is 0 Å². The average Bonchev–Trinajstić information content (AvgIpc) is 3.27. The molecule has 10 nitrogen and oxygen atoms in total. The highest BCUT2D eigenvalue weighted by Crippen LogP contribution is 2.14. The Morgan fingerprint density at radius 1 is 0.422 bits per heavy atom. The lowest BCUT2D eigenvalue weighted by molar-refractivity contribution is -0.0798. The predicted octanol–water partition coefficient (Wildman–Crippen LogP) is 14.2. The molecule has 0 aromatic carbocycles. The lowest BCUT2D eigenvalue weighted by atomic mass is 10.1. The fourth-order valence-corrected chi connectivity index (χ4v) is 7.23. The minimum Gasteiger partial charge on any atom is -0.440 e. The highest BCUT2D eigenvalue weighted by Gasteiger charge is 2.30. The van der Waals surface area contributed by atoms with Gasteiger partial charge in [-0.15, -0.1) is 0 Å². The Morgan fingerprint density at radius 2 is 0.719 bits per heavy atom. The number of unbranched alkanes of at least 4 members (excludes halogenated alkanes) is 24. The number of ether oxygens (including phenoxy) is 4. The van der Waals surface area contributed by atoms with Gasteiger partial charge >= 0.3 is 12.2 Å². The maximum atomic E-state index is 13.0. The summed E-state index contributed by atoms with van der Waals surface area (Å²) in [7, 11) is 8.18. The Labute approximate surface area is 397 Å². The van der Waals surface area contributed by atoms with Gasteiger partial charge in [-0.2, -0.15) is 0 Å². The van der Waals surface area contributed by atoms with Gasteiger partial charge in [-0.3, -0.25) is 0 Å². The summed E-state index contributed by atoms with van der Waals surface area (Å²) in [6.45, 7) is 12.9. The summed E-state index contributed by atoms with van der Waals surface area (Å²) in [6.07, 6.45) is 42.7. The zero-order valence-electron chi connectivity index (χ0n) is 43.7. The van der Waals surface area contributed by atoms with Crippen LogP contribution in [0.25, 0.3) is 0 Å². The number of rotatable bonds is 47. The van der Waals surface area contributed by atoms with Crippen molar-refractivity contribution in [3.05, 3.63) is 24.3 Å². The van der Waals surface area contributed by atoms with Crippen LogP contribution < -0.4 is 10.6 Å². The molecule has 0 aromatic rings. The average molecular weight is 909 g/mol. The summed E-state index contributed by atoms with van der Waals surface area (Å²) in [6, 6.07) is 0. The van der Waals surface area contributed by atoms with Crippen LogP contribution in [0.1, 0.15) is 220 Å². The number of allylic oxidation sites excluding steroid dienone is 4.